The second-order valence-electron chi connectivity index (χ2n) is 6.68. The molecule has 0 radical (unpaired) electrons. The van der Waals surface area contributed by atoms with Gasteiger partial charge in [0.05, 0.1) is 11.6 Å². The van der Waals surface area contributed by atoms with Crippen LogP contribution in [-0.2, 0) is 20.7 Å². The Labute approximate surface area is 166 Å². The van der Waals surface area contributed by atoms with Crippen LogP contribution in [0.3, 0.4) is 0 Å². The summed E-state index contributed by atoms with van der Waals surface area (Å²) < 4.78 is 31.3. The highest BCUT2D eigenvalue weighted by Gasteiger charge is 2.22. The Kier molecular flexibility index (Phi) is 6.54. The maximum Gasteiger partial charge on any atom is 0.325 e. The highest BCUT2D eigenvalue weighted by Crippen LogP contribution is 2.29. The topological polar surface area (TPSA) is 84.5 Å². The minimum absolute atomic E-state index is 0.132. The van der Waals surface area contributed by atoms with Crippen LogP contribution in [0.2, 0.25) is 0 Å². The number of rotatable bonds is 6. The highest BCUT2D eigenvalue weighted by atomic mass is 19.1. The molecule has 0 saturated carbocycles. The number of hydrogen-bond acceptors (Lipinski definition) is 4. The third kappa shape index (κ3) is 5.37. The Balaban J connectivity index is 1.44. The Morgan fingerprint density at radius 1 is 1.10 bits per heavy atom. The first-order valence-corrected chi connectivity index (χ1v) is 9.20. The number of esters is 1. The van der Waals surface area contributed by atoms with Crippen LogP contribution < -0.4 is 10.6 Å². The van der Waals surface area contributed by atoms with Gasteiger partial charge in [-0.25, -0.2) is 8.78 Å². The molecule has 0 bridgehead atoms. The number of nitrogens with one attached hydrogen (secondary N) is 2. The number of benzene rings is 2. The van der Waals surface area contributed by atoms with Crippen LogP contribution in [0, 0.1) is 11.6 Å². The van der Waals surface area contributed by atoms with E-state index in [-0.39, 0.29) is 6.04 Å². The fraction of sp³-hybridized carbons (Fsp3) is 0.286. The van der Waals surface area contributed by atoms with Crippen molar-refractivity contribution >= 4 is 17.8 Å². The lowest BCUT2D eigenvalue weighted by atomic mass is 9.88. The SMILES string of the molecule is O=C(COC(=O)CNC(=O)c1ccc(F)cc1F)NC1CCCc2ccccc21. The molecule has 2 aromatic rings. The number of ether oxygens (including phenoxy) is 1. The van der Waals surface area contributed by atoms with E-state index in [1.54, 1.807) is 0 Å². The van der Waals surface area contributed by atoms with Crippen molar-refractivity contribution in [3.63, 3.8) is 0 Å². The summed E-state index contributed by atoms with van der Waals surface area (Å²) in [4.78, 5) is 35.7. The lowest BCUT2D eigenvalue weighted by Crippen LogP contribution is -2.36. The van der Waals surface area contributed by atoms with Crippen molar-refractivity contribution in [3.8, 4) is 0 Å². The maximum absolute atomic E-state index is 13.5. The molecule has 29 heavy (non-hydrogen) atoms. The van der Waals surface area contributed by atoms with Gasteiger partial charge in [-0.05, 0) is 42.5 Å². The van der Waals surface area contributed by atoms with Gasteiger partial charge in [0.2, 0.25) is 0 Å². The Hall–Kier alpha value is -3.29. The standard InChI is InChI=1S/C21H20F2N2O4/c22-14-8-9-16(17(23)10-14)21(28)24-11-20(27)29-12-19(26)25-18-7-3-5-13-4-1-2-6-15(13)18/h1-2,4,6,8-10,18H,3,5,7,11-12H2,(H,24,28)(H,25,26). The van der Waals surface area contributed by atoms with Crippen molar-refractivity contribution in [2.45, 2.75) is 25.3 Å². The molecule has 0 heterocycles. The van der Waals surface area contributed by atoms with E-state index in [2.05, 4.69) is 10.6 Å². The summed E-state index contributed by atoms with van der Waals surface area (Å²) in [5, 5.41) is 5.01. The van der Waals surface area contributed by atoms with Crippen LogP contribution in [-0.4, -0.2) is 30.9 Å². The van der Waals surface area contributed by atoms with Crippen molar-refractivity contribution in [1.82, 2.24) is 10.6 Å². The molecule has 0 aliphatic heterocycles. The summed E-state index contributed by atoms with van der Waals surface area (Å²) in [5.74, 6) is -4.04. The minimum Gasteiger partial charge on any atom is -0.454 e. The van der Waals surface area contributed by atoms with E-state index >= 15 is 0 Å². The van der Waals surface area contributed by atoms with Gasteiger partial charge >= 0.3 is 5.97 Å². The number of aryl methyl sites for hydroxylation is 1. The fourth-order valence-electron chi connectivity index (χ4n) is 3.26. The Bertz CT molecular complexity index is 933. The molecule has 0 aromatic heterocycles. The molecule has 0 saturated heterocycles. The summed E-state index contributed by atoms with van der Waals surface area (Å²) in [6, 6.07) is 10.2. The molecule has 0 spiro atoms. The van der Waals surface area contributed by atoms with Gasteiger partial charge in [-0.2, -0.15) is 0 Å². The molecule has 2 amide bonds. The minimum atomic E-state index is -1.04. The molecule has 1 unspecified atom stereocenters. The normalized spacial score (nSPS) is 15.2. The molecule has 8 heteroatoms. The largest absolute Gasteiger partial charge is 0.454 e. The van der Waals surface area contributed by atoms with Crippen molar-refractivity contribution in [2.24, 2.45) is 0 Å². The number of fused-ring (bicyclic) bond motifs is 1. The zero-order chi connectivity index (χ0) is 20.8. The fourth-order valence-corrected chi connectivity index (χ4v) is 3.26. The lowest BCUT2D eigenvalue weighted by molar-refractivity contribution is -0.147. The first-order valence-electron chi connectivity index (χ1n) is 9.20. The molecule has 152 valence electrons. The second kappa shape index (κ2) is 9.27. The maximum atomic E-state index is 13.5. The summed E-state index contributed by atoms with van der Waals surface area (Å²) in [6.07, 6.45) is 2.72. The molecule has 6 nitrogen and oxygen atoms in total. The molecule has 3 rings (SSSR count). The molecular formula is C21H20F2N2O4. The predicted molar refractivity (Wildman–Crippen MR) is 99.9 cm³/mol. The van der Waals surface area contributed by atoms with Crippen LogP contribution >= 0.6 is 0 Å². The first-order chi connectivity index (χ1) is 13.9. The van der Waals surface area contributed by atoms with Crippen LogP contribution in [0.4, 0.5) is 8.78 Å². The molecular weight excluding hydrogens is 382 g/mol. The zero-order valence-corrected chi connectivity index (χ0v) is 15.5. The molecule has 1 aliphatic carbocycles. The summed E-state index contributed by atoms with van der Waals surface area (Å²) in [5.41, 5.74) is 1.86. The highest BCUT2D eigenvalue weighted by molar-refractivity contribution is 5.96. The van der Waals surface area contributed by atoms with Gasteiger partial charge in [-0.3, -0.25) is 14.4 Å². The average molecular weight is 402 g/mol. The summed E-state index contributed by atoms with van der Waals surface area (Å²) in [6.45, 7) is -1.03. The van der Waals surface area contributed by atoms with Crippen LogP contribution in [0.25, 0.3) is 0 Å². The molecule has 2 N–H and O–H groups in total. The Morgan fingerprint density at radius 2 is 1.90 bits per heavy atom. The van der Waals surface area contributed by atoms with E-state index < -0.39 is 48.1 Å². The van der Waals surface area contributed by atoms with Gasteiger partial charge in [-0.1, -0.05) is 24.3 Å². The number of carbonyl (C=O) groups excluding carboxylic acids is 3. The van der Waals surface area contributed by atoms with Crippen molar-refractivity contribution in [1.29, 1.82) is 0 Å². The monoisotopic (exact) mass is 402 g/mol. The summed E-state index contributed by atoms with van der Waals surface area (Å²) in [7, 11) is 0. The van der Waals surface area contributed by atoms with Crippen LogP contribution in [0.1, 0.15) is 40.4 Å². The van der Waals surface area contributed by atoms with E-state index in [0.717, 1.165) is 37.0 Å². The summed E-state index contributed by atoms with van der Waals surface area (Å²) >= 11 is 0. The van der Waals surface area contributed by atoms with Crippen LogP contribution in [0.15, 0.2) is 42.5 Å². The van der Waals surface area contributed by atoms with Crippen LogP contribution in [0.5, 0.6) is 0 Å². The first kappa shape index (κ1) is 20.4. The van der Waals surface area contributed by atoms with Crippen molar-refractivity contribution < 1.29 is 27.9 Å². The average Bonchev–Trinajstić information content (AvgIpc) is 2.71. The predicted octanol–water partition coefficient (Wildman–Crippen LogP) is 2.43. The van der Waals surface area contributed by atoms with Gasteiger partial charge in [0.1, 0.15) is 18.2 Å². The van der Waals surface area contributed by atoms with Gasteiger partial charge < -0.3 is 15.4 Å². The molecule has 2 aromatic carbocycles. The lowest BCUT2D eigenvalue weighted by Gasteiger charge is -2.26. The molecule has 0 fully saturated rings. The van der Waals surface area contributed by atoms with Gasteiger partial charge in [0.25, 0.3) is 11.8 Å². The molecule has 1 aliphatic rings. The van der Waals surface area contributed by atoms with Gasteiger partial charge in [0.15, 0.2) is 6.61 Å². The van der Waals surface area contributed by atoms with Gasteiger partial charge in [0, 0.05) is 6.07 Å². The van der Waals surface area contributed by atoms with E-state index in [1.165, 1.54) is 5.56 Å². The Morgan fingerprint density at radius 3 is 2.69 bits per heavy atom. The number of halogens is 2. The third-order valence-electron chi connectivity index (χ3n) is 4.64. The third-order valence-corrected chi connectivity index (χ3v) is 4.64. The number of hydrogen-bond donors (Lipinski definition) is 2. The number of amides is 2. The number of carbonyl (C=O) groups is 3. The van der Waals surface area contributed by atoms with Crippen molar-refractivity contribution in [2.75, 3.05) is 13.2 Å². The van der Waals surface area contributed by atoms with E-state index in [4.69, 9.17) is 4.74 Å². The quantitative estimate of drug-likeness (QED) is 0.727. The van der Waals surface area contributed by atoms with E-state index in [0.29, 0.717) is 6.07 Å². The zero-order valence-electron chi connectivity index (χ0n) is 15.5. The van der Waals surface area contributed by atoms with E-state index in [9.17, 15) is 23.2 Å². The van der Waals surface area contributed by atoms with Gasteiger partial charge in [-0.15, -0.1) is 0 Å². The second-order valence-corrected chi connectivity index (χ2v) is 6.68. The molecule has 1 atom stereocenters. The van der Waals surface area contributed by atoms with E-state index in [1.807, 2.05) is 24.3 Å². The smallest absolute Gasteiger partial charge is 0.325 e. The van der Waals surface area contributed by atoms with Crippen molar-refractivity contribution in [3.05, 3.63) is 70.8 Å².